The Morgan fingerprint density at radius 1 is 1.42 bits per heavy atom. The lowest BCUT2D eigenvalue weighted by Gasteiger charge is -2.18. The summed E-state index contributed by atoms with van der Waals surface area (Å²) in [6.45, 7) is 3.03. The molecule has 0 aliphatic rings. The second-order valence-corrected chi connectivity index (χ2v) is 4.36. The Morgan fingerprint density at radius 2 is 2.16 bits per heavy atom. The van der Waals surface area contributed by atoms with Gasteiger partial charge in [-0.1, -0.05) is 6.07 Å². The fraction of sp³-hybridized carbons (Fsp3) is 0.462. The van der Waals surface area contributed by atoms with Gasteiger partial charge in [0.05, 0.1) is 23.5 Å². The number of ether oxygens (including phenoxy) is 1. The standard InChI is InChI=1S/C13H22N4O2/c1-17(8-9-19-2)7-6-16-12-10(13(15)18)4-3-5-11(12)14/h3-5,16H,6-9,14H2,1-2H3,(H2,15,18). The van der Waals surface area contributed by atoms with Crippen LogP contribution in [0.4, 0.5) is 11.4 Å². The number of nitrogens with one attached hydrogen (secondary N) is 1. The van der Waals surface area contributed by atoms with Gasteiger partial charge in [-0.05, 0) is 19.2 Å². The lowest BCUT2D eigenvalue weighted by molar-refractivity contribution is 0.100. The first-order valence-electron chi connectivity index (χ1n) is 6.16. The number of rotatable bonds is 8. The van der Waals surface area contributed by atoms with Crippen molar-refractivity contribution in [3.05, 3.63) is 23.8 Å². The van der Waals surface area contributed by atoms with Crippen molar-refractivity contribution in [2.45, 2.75) is 0 Å². The molecule has 0 aliphatic heterocycles. The number of hydrogen-bond donors (Lipinski definition) is 3. The molecule has 0 unspecified atom stereocenters. The minimum atomic E-state index is -0.484. The smallest absolute Gasteiger partial charge is 0.250 e. The second-order valence-electron chi connectivity index (χ2n) is 4.36. The van der Waals surface area contributed by atoms with Gasteiger partial charge in [0.1, 0.15) is 0 Å². The van der Waals surface area contributed by atoms with E-state index in [-0.39, 0.29) is 0 Å². The summed E-state index contributed by atoms with van der Waals surface area (Å²) in [6, 6.07) is 5.12. The van der Waals surface area contributed by atoms with Gasteiger partial charge >= 0.3 is 0 Å². The Morgan fingerprint density at radius 3 is 2.79 bits per heavy atom. The molecule has 0 bridgehead atoms. The minimum Gasteiger partial charge on any atom is -0.397 e. The number of benzene rings is 1. The first-order valence-corrected chi connectivity index (χ1v) is 6.16. The van der Waals surface area contributed by atoms with E-state index in [0.29, 0.717) is 30.1 Å². The van der Waals surface area contributed by atoms with Crippen molar-refractivity contribution in [2.75, 3.05) is 51.4 Å². The maximum atomic E-state index is 11.3. The predicted molar refractivity (Wildman–Crippen MR) is 77.2 cm³/mol. The molecule has 0 radical (unpaired) electrons. The summed E-state index contributed by atoms with van der Waals surface area (Å²) in [5, 5.41) is 3.16. The molecule has 6 heteroatoms. The number of para-hydroxylation sites is 1. The van der Waals surface area contributed by atoms with Gasteiger partial charge in [0.2, 0.25) is 0 Å². The van der Waals surface area contributed by atoms with Crippen molar-refractivity contribution in [1.82, 2.24) is 4.90 Å². The molecule has 1 aromatic rings. The van der Waals surface area contributed by atoms with Crippen LogP contribution in [-0.2, 0) is 4.74 Å². The van der Waals surface area contributed by atoms with E-state index in [1.807, 2.05) is 7.05 Å². The Kier molecular flexibility index (Phi) is 6.11. The monoisotopic (exact) mass is 266 g/mol. The molecule has 1 rings (SSSR count). The van der Waals surface area contributed by atoms with Crippen molar-refractivity contribution in [1.29, 1.82) is 0 Å². The molecule has 0 spiro atoms. The van der Waals surface area contributed by atoms with E-state index in [4.69, 9.17) is 16.2 Å². The number of methoxy groups -OCH3 is 1. The molecule has 0 aliphatic carbocycles. The lowest BCUT2D eigenvalue weighted by Crippen LogP contribution is -2.29. The van der Waals surface area contributed by atoms with Crippen LogP contribution < -0.4 is 16.8 Å². The first kappa shape index (κ1) is 15.3. The fourth-order valence-electron chi connectivity index (χ4n) is 1.70. The molecule has 1 amide bonds. The average Bonchev–Trinajstić information content (AvgIpc) is 2.37. The quantitative estimate of drug-likeness (QED) is 0.591. The summed E-state index contributed by atoms with van der Waals surface area (Å²) in [5.74, 6) is -0.484. The molecule has 6 nitrogen and oxygen atoms in total. The number of primary amides is 1. The normalized spacial score (nSPS) is 10.7. The van der Waals surface area contributed by atoms with Crippen LogP contribution in [0.25, 0.3) is 0 Å². The highest BCUT2D eigenvalue weighted by Gasteiger charge is 2.10. The zero-order chi connectivity index (χ0) is 14.3. The molecule has 0 atom stereocenters. The number of carbonyl (C=O) groups excluding carboxylic acids is 1. The Hall–Kier alpha value is -1.79. The van der Waals surface area contributed by atoms with Gasteiger partial charge in [0.25, 0.3) is 5.91 Å². The van der Waals surface area contributed by atoms with Gasteiger partial charge in [-0.25, -0.2) is 0 Å². The summed E-state index contributed by atoms with van der Waals surface area (Å²) in [5.41, 5.74) is 12.7. The van der Waals surface area contributed by atoms with Gasteiger partial charge in [-0.15, -0.1) is 0 Å². The van der Waals surface area contributed by atoms with Crippen molar-refractivity contribution < 1.29 is 9.53 Å². The molecule has 0 fully saturated rings. The van der Waals surface area contributed by atoms with Crippen molar-refractivity contribution in [2.24, 2.45) is 5.73 Å². The van der Waals surface area contributed by atoms with Gasteiger partial charge in [-0.2, -0.15) is 0 Å². The van der Waals surface area contributed by atoms with Crippen LogP contribution in [0.3, 0.4) is 0 Å². The predicted octanol–water partition coefficient (Wildman–Crippen LogP) is 0.358. The highest BCUT2D eigenvalue weighted by atomic mass is 16.5. The topological polar surface area (TPSA) is 93.6 Å². The van der Waals surface area contributed by atoms with Crippen LogP contribution in [-0.4, -0.2) is 51.2 Å². The zero-order valence-corrected chi connectivity index (χ0v) is 11.5. The third kappa shape index (κ3) is 4.76. The number of carbonyl (C=O) groups is 1. The number of hydrogen-bond acceptors (Lipinski definition) is 5. The van der Waals surface area contributed by atoms with E-state index in [0.717, 1.165) is 13.1 Å². The van der Waals surface area contributed by atoms with Gasteiger partial charge in [0.15, 0.2) is 0 Å². The van der Waals surface area contributed by atoms with Crippen LogP contribution in [0.2, 0.25) is 0 Å². The first-order chi connectivity index (χ1) is 9.06. The molecule has 1 aromatic carbocycles. The number of nitrogens with zero attached hydrogens (tertiary/aromatic N) is 1. The van der Waals surface area contributed by atoms with E-state index in [2.05, 4.69) is 10.2 Å². The number of nitrogen functional groups attached to an aromatic ring is 1. The molecule has 106 valence electrons. The summed E-state index contributed by atoms with van der Waals surface area (Å²) in [6.07, 6.45) is 0. The zero-order valence-electron chi connectivity index (χ0n) is 11.5. The van der Waals surface area contributed by atoms with Crippen LogP contribution in [0.1, 0.15) is 10.4 Å². The summed E-state index contributed by atoms with van der Waals surface area (Å²) in [7, 11) is 3.68. The van der Waals surface area contributed by atoms with Gasteiger partial charge < -0.3 is 26.4 Å². The van der Waals surface area contributed by atoms with Gasteiger partial charge in [-0.3, -0.25) is 4.79 Å². The van der Waals surface area contributed by atoms with E-state index in [9.17, 15) is 4.79 Å². The second kappa shape index (κ2) is 7.60. The number of likely N-dealkylation sites (N-methyl/N-ethyl adjacent to an activating group) is 1. The highest BCUT2D eigenvalue weighted by molar-refractivity contribution is 6.01. The Bertz CT molecular complexity index is 423. The number of anilines is 2. The van der Waals surface area contributed by atoms with Crippen molar-refractivity contribution in [3.8, 4) is 0 Å². The third-order valence-electron chi connectivity index (χ3n) is 2.83. The van der Waals surface area contributed by atoms with Gasteiger partial charge in [0, 0.05) is 26.7 Å². The largest absolute Gasteiger partial charge is 0.397 e. The maximum Gasteiger partial charge on any atom is 0.250 e. The lowest BCUT2D eigenvalue weighted by atomic mass is 10.1. The molecule has 0 heterocycles. The molecule has 0 aromatic heterocycles. The van der Waals surface area contributed by atoms with Crippen LogP contribution >= 0.6 is 0 Å². The van der Waals surface area contributed by atoms with Crippen LogP contribution in [0.5, 0.6) is 0 Å². The van der Waals surface area contributed by atoms with Crippen molar-refractivity contribution in [3.63, 3.8) is 0 Å². The molecule has 19 heavy (non-hydrogen) atoms. The highest BCUT2D eigenvalue weighted by Crippen LogP contribution is 2.22. The third-order valence-corrected chi connectivity index (χ3v) is 2.83. The average molecular weight is 266 g/mol. The molecule has 0 saturated carbocycles. The van der Waals surface area contributed by atoms with E-state index in [1.54, 1.807) is 25.3 Å². The SMILES string of the molecule is COCCN(C)CCNc1c(N)cccc1C(N)=O. The van der Waals surface area contributed by atoms with Crippen molar-refractivity contribution >= 4 is 17.3 Å². The number of amides is 1. The van der Waals surface area contributed by atoms with E-state index in [1.165, 1.54) is 0 Å². The van der Waals surface area contributed by atoms with Crippen LogP contribution in [0.15, 0.2) is 18.2 Å². The minimum absolute atomic E-state index is 0.416. The molecule has 0 saturated heterocycles. The molecule has 5 N–H and O–H groups in total. The summed E-state index contributed by atoms with van der Waals surface area (Å²) < 4.78 is 5.00. The Labute approximate surface area is 113 Å². The number of nitrogens with two attached hydrogens (primary N) is 2. The molecular weight excluding hydrogens is 244 g/mol. The fourth-order valence-corrected chi connectivity index (χ4v) is 1.70. The Balaban J connectivity index is 2.55. The van der Waals surface area contributed by atoms with E-state index >= 15 is 0 Å². The summed E-state index contributed by atoms with van der Waals surface area (Å²) >= 11 is 0. The molecular formula is C13H22N4O2. The summed E-state index contributed by atoms with van der Waals surface area (Å²) in [4.78, 5) is 13.4. The van der Waals surface area contributed by atoms with E-state index < -0.39 is 5.91 Å². The maximum absolute atomic E-state index is 11.3. The van der Waals surface area contributed by atoms with Crippen LogP contribution in [0, 0.1) is 0 Å².